The Bertz CT molecular complexity index is 486. The molecule has 1 aliphatic carbocycles. The maximum absolute atomic E-state index is 13.0. The second-order valence-electron chi connectivity index (χ2n) is 6.05. The van der Waals surface area contributed by atoms with Crippen LogP contribution in [-0.2, 0) is 0 Å². The number of nitrogens with one attached hydrogen (secondary N) is 1. The summed E-state index contributed by atoms with van der Waals surface area (Å²) in [7, 11) is 0. The lowest BCUT2D eigenvalue weighted by molar-refractivity contribution is 0.0221. The molecule has 1 aromatic rings. The van der Waals surface area contributed by atoms with Gasteiger partial charge in [-0.05, 0) is 31.9 Å². The van der Waals surface area contributed by atoms with Crippen LogP contribution in [0.2, 0.25) is 0 Å². The Hall–Kier alpha value is -1.42. The minimum absolute atomic E-state index is 0.0376. The van der Waals surface area contributed by atoms with Gasteiger partial charge in [-0.25, -0.2) is 0 Å². The number of carbonyl (C=O) groups excluding carboxylic acids is 1. The molecule has 2 aliphatic rings. The Balaban J connectivity index is 1.90. The zero-order valence-electron chi connectivity index (χ0n) is 12.2. The Morgan fingerprint density at radius 3 is 2.90 bits per heavy atom. The molecule has 4 heteroatoms. The number of piperazine rings is 1. The highest BCUT2D eigenvalue weighted by atomic mass is 16.2. The molecular formula is C16H23N3O. The molecule has 0 atom stereocenters. The van der Waals surface area contributed by atoms with Gasteiger partial charge in [0.1, 0.15) is 0 Å². The van der Waals surface area contributed by atoms with E-state index in [9.17, 15) is 4.79 Å². The molecule has 1 aromatic heterocycles. The quantitative estimate of drug-likeness (QED) is 0.852. The molecular weight excluding hydrogens is 250 g/mol. The van der Waals surface area contributed by atoms with Crippen molar-refractivity contribution in [2.45, 2.75) is 44.6 Å². The van der Waals surface area contributed by atoms with E-state index in [1.807, 2.05) is 19.1 Å². The number of pyridine rings is 1. The minimum atomic E-state index is 0.0376. The van der Waals surface area contributed by atoms with Crippen LogP contribution in [0.1, 0.15) is 48.2 Å². The lowest BCUT2D eigenvalue weighted by Gasteiger charge is -2.50. The molecule has 1 saturated heterocycles. The predicted octanol–water partition coefficient (Wildman–Crippen LogP) is 2.14. The monoisotopic (exact) mass is 273 g/mol. The smallest absolute Gasteiger partial charge is 0.256 e. The second kappa shape index (κ2) is 5.52. The summed E-state index contributed by atoms with van der Waals surface area (Å²) >= 11 is 0. The topological polar surface area (TPSA) is 45.2 Å². The maximum Gasteiger partial charge on any atom is 0.256 e. The summed E-state index contributed by atoms with van der Waals surface area (Å²) in [6, 6.07) is 3.76. The molecule has 0 radical (unpaired) electrons. The lowest BCUT2D eigenvalue weighted by Crippen LogP contribution is -2.63. The van der Waals surface area contributed by atoms with Crippen LogP contribution in [0.5, 0.6) is 0 Å². The van der Waals surface area contributed by atoms with Gasteiger partial charge in [-0.15, -0.1) is 0 Å². The van der Waals surface area contributed by atoms with Crippen LogP contribution in [-0.4, -0.2) is 41.0 Å². The highest BCUT2D eigenvalue weighted by molar-refractivity contribution is 5.95. The van der Waals surface area contributed by atoms with Crippen molar-refractivity contribution in [3.63, 3.8) is 0 Å². The van der Waals surface area contributed by atoms with Crippen molar-refractivity contribution in [3.05, 3.63) is 29.6 Å². The summed E-state index contributed by atoms with van der Waals surface area (Å²) < 4.78 is 0. The fourth-order valence-corrected chi connectivity index (χ4v) is 3.67. The van der Waals surface area contributed by atoms with E-state index >= 15 is 0 Å². The Kier molecular flexibility index (Phi) is 3.74. The minimum Gasteiger partial charge on any atom is -0.330 e. The van der Waals surface area contributed by atoms with Crippen LogP contribution in [0.15, 0.2) is 18.3 Å². The third kappa shape index (κ3) is 2.33. The summed E-state index contributed by atoms with van der Waals surface area (Å²) in [5, 5.41) is 3.49. The van der Waals surface area contributed by atoms with Crippen molar-refractivity contribution in [2.75, 3.05) is 19.6 Å². The SMILES string of the molecule is Cc1ncccc1C(=O)N1CCNCC12CCCCC2. The molecule has 2 heterocycles. The summed E-state index contributed by atoms with van der Waals surface area (Å²) in [5.74, 6) is 0.166. The average molecular weight is 273 g/mol. The van der Waals surface area contributed by atoms with Crippen LogP contribution in [0.3, 0.4) is 0 Å². The number of amides is 1. The number of hydrogen-bond donors (Lipinski definition) is 1. The number of nitrogens with zero attached hydrogens (tertiary/aromatic N) is 2. The molecule has 1 saturated carbocycles. The van der Waals surface area contributed by atoms with Crippen LogP contribution < -0.4 is 5.32 Å². The van der Waals surface area contributed by atoms with E-state index in [4.69, 9.17) is 0 Å². The molecule has 2 fully saturated rings. The Morgan fingerprint density at radius 1 is 1.35 bits per heavy atom. The first-order valence-electron chi connectivity index (χ1n) is 7.67. The van der Waals surface area contributed by atoms with Crippen molar-refractivity contribution in [1.29, 1.82) is 0 Å². The van der Waals surface area contributed by atoms with E-state index < -0.39 is 0 Å². The number of aryl methyl sites for hydroxylation is 1. The van der Waals surface area contributed by atoms with E-state index in [1.54, 1.807) is 6.20 Å². The van der Waals surface area contributed by atoms with E-state index in [1.165, 1.54) is 19.3 Å². The van der Waals surface area contributed by atoms with Gasteiger partial charge >= 0.3 is 0 Å². The third-order valence-electron chi connectivity index (χ3n) is 4.81. The number of hydrogen-bond acceptors (Lipinski definition) is 3. The van der Waals surface area contributed by atoms with Gasteiger partial charge in [0.2, 0.25) is 0 Å². The molecule has 1 amide bonds. The highest BCUT2D eigenvalue weighted by Gasteiger charge is 2.42. The van der Waals surface area contributed by atoms with Crippen molar-refractivity contribution >= 4 is 5.91 Å². The van der Waals surface area contributed by atoms with Crippen molar-refractivity contribution in [2.24, 2.45) is 0 Å². The summed E-state index contributed by atoms with van der Waals surface area (Å²) in [5.41, 5.74) is 1.64. The van der Waals surface area contributed by atoms with Crippen molar-refractivity contribution in [1.82, 2.24) is 15.2 Å². The molecule has 4 nitrogen and oxygen atoms in total. The first-order valence-corrected chi connectivity index (χ1v) is 7.67. The van der Waals surface area contributed by atoms with E-state index in [2.05, 4.69) is 15.2 Å². The first kappa shape index (κ1) is 13.6. The zero-order chi connectivity index (χ0) is 14.0. The molecule has 1 aliphatic heterocycles. The van der Waals surface area contributed by atoms with Crippen molar-refractivity contribution < 1.29 is 4.79 Å². The van der Waals surface area contributed by atoms with Crippen LogP contribution in [0.4, 0.5) is 0 Å². The van der Waals surface area contributed by atoms with Gasteiger partial charge in [-0.1, -0.05) is 19.3 Å². The van der Waals surface area contributed by atoms with Gasteiger partial charge < -0.3 is 10.2 Å². The molecule has 1 N–H and O–H groups in total. The average Bonchev–Trinajstić information content (AvgIpc) is 2.48. The normalized spacial score (nSPS) is 21.9. The zero-order valence-corrected chi connectivity index (χ0v) is 12.2. The first-order chi connectivity index (χ1) is 9.73. The van der Waals surface area contributed by atoms with Crippen LogP contribution in [0, 0.1) is 6.92 Å². The van der Waals surface area contributed by atoms with Gasteiger partial charge in [-0.2, -0.15) is 0 Å². The second-order valence-corrected chi connectivity index (χ2v) is 6.05. The molecule has 108 valence electrons. The maximum atomic E-state index is 13.0. The summed E-state index contributed by atoms with van der Waals surface area (Å²) in [6.45, 7) is 4.57. The fourth-order valence-electron chi connectivity index (χ4n) is 3.67. The Labute approximate surface area is 120 Å². The van der Waals surface area contributed by atoms with Gasteiger partial charge in [0.25, 0.3) is 5.91 Å². The van der Waals surface area contributed by atoms with E-state index in [0.717, 1.165) is 43.7 Å². The molecule has 3 rings (SSSR count). The highest BCUT2D eigenvalue weighted by Crippen LogP contribution is 2.35. The summed E-state index contributed by atoms with van der Waals surface area (Å²) in [6.07, 6.45) is 7.78. The van der Waals surface area contributed by atoms with Crippen LogP contribution in [0.25, 0.3) is 0 Å². The standard InChI is InChI=1S/C16H23N3O/c1-13-14(6-5-9-18-13)15(20)19-11-10-17-12-16(19)7-3-2-4-8-16/h5-6,9,17H,2-4,7-8,10-12H2,1H3. The van der Waals surface area contributed by atoms with Gasteiger partial charge in [0, 0.05) is 31.5 Å². The van der Waals surface area contributed by atoms with Gasteiger partial charge in [-0.3, -0.25) is 9.78 Å². The van der Waals surface area contributed by atoms with Gasteiger partial charge in [0.05, 0.1) is 11.1 Å². The fraction of sp³-hybridized carbons (Fsp3) is 0.625. The number of carbonyl (C=O) groups is 1. The molecule has 0 unspecified atom stereocenters. The molecule has 1 spiro atoms. The van der Waals surface area contributed by atoms with Crippen LogP contribution >= 0.6 is 0 Å². The van der Waals surface area contributed by atoms with Gasteiger partial charge in [0.15, 0.2) is 0 Å². The predicted molar refractivity (Wildman–Crippen MR) is 78.7 cm³/mol. The molecule has 20 heavy (non-hydrogen) atoms. The number of aromatic nitrogens is 1. The van der Waals surface area contributed by atoms with E-state index in [-0.39, 0.29) is 11.4 Å². The summed E-state index contributed by atoms with van der Waals surface area (Å²) in [4.78, 5) is 19.3. The van der Waals surface area contributed by atoms with Crippen molar-refractivity contribution in [3.8, 4) is 0 Å². The molecule has 0 bridgehead atoms. The lowest BCUT2D eigenvalue weighted by atomic mass is 9.78. The van der Waals surface area contributed by atoms with E-state index in [0.29, 0.717) is 0 Å². The molecule has 0 aromatic carbocycles. The number of rotatable bonds is 1. The third-order valence-corrected chi connectivity index (χ3v) is 4.81. The Morgan fingerprint density at radius 2 is 2.15 bits per heavy atom. The largest absolute Gasteiger partial charge is 0.330 e.